The van der Waals surface area contributed by atoms with Gasteiger partial charge in [-0.1, -0.05) is 5.16 Å². The molecule has 3 aliphatic heterocycles. The second kappa shape index (κ2) is 13.9. The first-order chi connectivity index (χ1) is 22.7. The van der Waals surface area contributed by atoms with Gasteiger partial charge in [0.15, 0.2) is 22.2 Å². The smallest absolute Gasteiger partial charge is 0.410 e. The summed E-state index contributed by atoms with van der Waals surface area (Å²) < 4.78 is 10.9. The first-order valence-corrected chi connectivity index (χ1v) is 17.3. The third-order valence-electron chi connectivity index (χ3n) is 7.79. The number of oxime groups is 1. The van der Waals surface area contributed by atoms with E-state index in [0.717, 1.165) is 11.3 Å². The van der Waals surface area contributed by atoms with Crippen molar-refractivity contribution in [1.82, 2.24) is 20.1 Å². The van der Waals surface area contributed by atoms with Gasteiger partial charge in [-0.05, 0) is 48.5 Å². The fraction of sp³-hybridized carbons (Fsp3) is 0.600. The largest absolute Gasteiger partial charge is 0.476 e. The number of amides is 4. The van der Waals surface area contributed by atoms with Crippen LogP contribution in [-0.4, -0.2) is 134 Å². The van der Waals surface area contributed by atoms with Gasteiger partial charge in [0.2, 0.25) is 13.0 Å². The number of likely N-dealkylation sites (N-methyl/N-ethyl adjacent to an activating group) is 1. The number of aromatic nitrogens is 1. The Labute approximate surface area is 291 Å². The molecule has 19 heteroatoms. The highest BCUT2D eigenvalue weighted by Gasteiger charge is 2.64. The Morgan fingerprint density at radius 1 is 1.14 bits per heavy atom. The van der Waals surface area contributed by atoms with E-state index >= 15 is 0 Å². The molecule has 1 aromatic heterocycles. The molecule has 3 N–H and O–H groups in total. The Kier molecular flexibility index (Phi) is 10.7. The number of carbonyl (C=O) groups is 6. The quantitative estimate of drug-likeness (QED) is 0.0785. The van der Waals surface area contributed by atoms with E-state index < -0.39 is 58.6 Å². The number of fused-ring (bicyclic) bond motifs is 1. The second-order valence-corrected chi connectivity index (χ2v) is 15.9. The molecule has 0 aromatic carbocycles. The summed E-state index contributed by atoms with van der Waals surface area (Å²) in [6.07, 6.45) is -0.0343. The number of carboxylic acid groups (broad SMARTS) is 1. The summed E-state index contributed by atoms with van der Waals surface area (Å²) >= 11 is 2.30. The van der Waals surface area contributed by atoms with Crippen LogP contribution >= 0.6 is 23.1 Å². The molecule has 2 saturated heterocycles. The maximum absolute atomic E-state index is 13.8. The van der Waals surface area contributed by atoms with Crippen LogP contribution in [0.15, 0.2) is 21.9 Å². The number of β-lactam (4-membered cyclic amide) rings is 1. The molecule has 2 atom stereocenters. The van der Waals surface area contributed by atoms with E-state index in [1.165, 1.54) is 29.0 Å². The van der Waals surface area contributed by atoms with Gasteiger partial charge in [0.05, 0.1) is 25.9 Å². The van der Waals surface area contributed by atoms with Crippen LogP contribution in [0, 0.1) is 0 Å². The lowest BCUT2D eigenvalue weighted by molar-refractivity contribution is -0.876. The van der Waals surface area contributed by atoms with E-state index in [9.17, 15) is 33.9 Å². The van der Waals surface area contributed by atoms with E-state index in [2.05, 4.69) is 20.8 Å². The summed E-state index contributed by atoms with van der Waals surface area (Å²) in [7, 11) is 1.87. The lowest BCUT2D eigenvalue weighted by Gasteiger charge is -2.56. The molecule has 49 heavy (non-hydrogen) atoms. The van der Waals surface area contributed by atoms with Crippen LogP contribution in [-0.2, 0) is 38.3 Å². The minimum Gasteiger partial charge on any atom is -0.476 e. The van der Waals surface area contributed by atoms with Gasteiger partial charge in [0, 0.05) is 5.38 Å². The standard InChI is InChI=1S/C30H41N7O10S2/c1-28(2,3)46-19(39)13-45-34-20(17-14-49-26(32-17)31-16-38)22(40)33-30(7)24(43)36-21(23(41)42)18(15-48-25(30)36)37(8)11-9-35(10-12-37)27(44)47-29(4,5)6/h14,16,25H,9-13,15H2,1-8H3,(H2-,31,32,33,38,40,41,42)/p+1/t25-,30+/m0/s1. The van der Waals surface area contributed by atoms with Crippen LogP contribution in [0.3, 0.4) is 0 Å². The summed E-state index contributed by atoms with van der Waals surface area (Å²) in [4.78, 5) is 87.9. The molecule has 0 saturated carbocycles. The van der Waals surface area contributed by atoms with Crippen LogP contribution in [0.1, 0.15) is 54.2 Å². The summed E-state index contributed by atoms with van der Waals surface area (Å²) in [5.74, 6) is -3.31. The number of quaternary nitrogens is 1. The third-order valence-corrected chi connectivity index (χ3v) is 10.0. The number of ether oxygens (including phenoxy) is 2. The maximum atomic E-state index is 13.8. The van der Waals surface area contributed by atoms with Gasteiger partial charge in [0.25, 0.3) is 11.8 Å². The Balaban J connectivity index is 1.54. The first-order valence-electron chi connectivity index (χ1n) is 15.3. The monoisotopic (exact) mass is 724 g/mol. The molecule has 2 fully saturated rings. The van der Waals surface area contributed by atoms with Crippen LogP contribution < -0.4 is 10.6 Å². The van der Waals surface area contributed by atoms with E-state index in [4.69, 9.17) is 14.3 Å². The number of carbonyl (C=O) groups excluding carboxylic acids is 5. The van der Waals surface area contributed by atoms with E-state index in [1.54, 1.807) is 46.4 Å². The van der Waals surface area contributed by atoms with Crippen molar-refractivity contribution in [2.24, 2.45) is 5.16 Å². The highest BCUT2D eigenvalue weighted by atomic mass is 32.2. The van der Waals surface area contributed by atoms with Crippen LogP contribution in [0.25, 0.3) is 0 Å². The number of rotatable bonds is 10. The van der Waals surface area contributed by atoms with Gasteiger partial charge in [0.1, 0.15) is 40.9 Å². The molecular weight excluding hydrogens is 683 g/mol. The highest BCUT2D eigenvalue weighted by molar-refractivity contribution is 8.00. The van der Waals surface area contributed by atoms with Crippen molar-refractivity contribution < 1.29 is 52.7 Å². The minimum absolute atomic E-state index is 0.00378. The van der Waals surface area contributed by atoms with E-state index in [-0.39, 0.29) is 32.5 Å². The first kappa shape index (κ1) is 37.6. The fourth-order valence-electron chi connectivity index (χ4n) is 5.44. The number of thioether (sulfide) groups is 1. The van der Waals surface area contributed by atoms with Gasteiger partial charge in [-0.3, -0.25) is 28.7 Å². The predicted molar refractivity (Wildman–Crippen MR) is 178 cm³/mol. The molecule has 4 rings (SSSR count). The van der Waals surface area contributed by atoms with Crippen molar-refractivity contribution in [1.29, 1.82) is 0 Å². The summed E-state index contributed by atoms with van der Waals surface area (Å²) in [5, 5.41) is 20.0. The Bertz CT molecular complexity index is 1590. The van der Waals surface area contributed by atoms with Gasteiger partial charge in [-0.2, -0.15) is 0 Å². The number of piperazine rings is 1. The zero-order valence-corrected chi connectivity index (χ0v) is 30.3. The molecule has 4 heterocycles. The number of nitrogens with zero attached hydrogens (tertiary/aromatic N) is 5. The Morgan fingerprint density at radius 3 is 2.35 bits per heavy atom. The van der Waals surface area contributed by atoms with Crippen molar-refractivity contribution in [2.45, 2.75) is 70.6 Å². The van der Waals surface area contributed by atoms with Crippen molar-refractivity contribution in [3.8, 4) is 0 Å². The van der Waals surface area contributed by atoms with Crippen molar-refractivity contribution in [3.63, 3.8) is 0 Å². The molecule has 0 spiro atoms. The van der Waals surface area contributed by atoms with E-state index in [0.29, 0.717) is 38.3 Å². The Hall–Kier alpha value is -4.23. The van der Waals surface area contributed by atoms with E-state index in [1.807, 2.05) is 7.05 Å². The average Bonchev–Trinajstić information content (AvgIpc) is 3.45. The Morgan fingerprint density at radius 2 is 1.78 bits per heavy atom. The number of hydrogen-bond donors (Lipinski definition) is 3. The van der Waals surface area contributed by atoms with Crippen molar-refractivity contribution >= 4 is 70.2 Å². The molecule has 3 aliphatic rings. The normalized spacial score (nSPS) is 22.4. The lowest BCUT2D eigenvalue weighted by atomic mass is 9.88. The SMILES string of the molecule is CC(C)(C)OC(=O)CON=C(C(=O)N[C@]1(C)C(=O)N2C(C(=O)O)=C([N+]3(C)CCN(C(=O)OC(C)(C)C)CC3)CS[C@H]21)c1csc(NC=O)n1. The molecule has 0 radical (unpaired) electrons. The van der Waals surface area contributed by atoms with Gasteiger partial charge >= 0.3 is 18.0 Å². The molecule has 1 aromatic rings. The van der Waals surface area contributed by atoms with Gasteiger partial charge in [-0.15, -0.1) is 23.1 Å². The number of esters is 1. The van der Waals surface area contributed by atoms with Crippen LogP contribution in [0.5, 0.6) is 0 Å². The molecule has 0 aliphatic carbocycles. The van der Waals surface area contributed by atoms with Crippen molar-refractivity contribution in [2.75, 3.05) is 50.9 Å². The molecule has 4 amide bonds. The predicted octanol–water partition coefficient (Wildman–Crippen LogP) is 1.56. The molecule has 17 nitrogen and oxygen atoms in total. The molecular formula is C30H42N7O10S2+. The number of anilines is 1. The summed E-state index contributed by atoms with van der Waals surface area (Å²) in [6, 6.07) is 0. The lowest BCUT2D eigenvalue weighted by Crippen LogP contribution is -2.79. The summed E-state index contributed by atoms with van der Waals surface area (Å²) in [6.45, 7) is 12.7. The second-order valence-electron chi connectivity index (χ2n) is 14.0. The zero-order chi connectivity index (χ0) is 36.5. The maximum Gasteiger partial charge on any atom is 0.410 e. The third kappa shape index (κ3) is 8.33. The van der Waals surface area contributed by atoms with Crippen LogP contribution in [0.2, 0.25) is 0 Å². The average molecular weight is 725 g/mol. The minimum atomic E-state index is -1.55. The number of nitrogens with one attached hydrogen (secondary N) is 2. The zero-order valence-electron chi connectivity index (χ0n) is 28.6. The van der Waals surface area contributed by atoms with Gasteiger partial charge < -0.3 is 30.1 Å². The number of thiazole rings is 1. The molecule has 268 valence electrons. The fourth-order valence-corrected chi connectivity index (χ4v) is 7.70. The topological polar surface area (TPSA) is 206 Å². The number of hydrogen-bond acceptors (Lipinski definition) is 13. The van der Waals surface area contributed by atoms with Crippen LogP contribution in [0.4, 0.5) is 9.93 Å². The summed E-state index contributed by atoms with van der Waals surface area (Å²) in [5.41, 5.74) is -3.01. The van der Waals surface area contributed by atoms with Gasteiger partial charge in [-0.25, -0.2) is 19.4 Å². The highest BCUT2D eigenvalue weighted by Crippen LogP contribution is 2.47. The number of aliphatic carboxylic acids is 1. The molecule has 0 bridgehead atoms. The van der Waals surface area contributed by atoms with Crippen molar-refractivity contribution in [3.05, 3.63) is 22.5 Å². The number of carboxylic acids is 1. The molecule has 0 unspecified atom stereocenters.